The number of aliphatic hydroxyl groups is 1. The number of furan rings is 1. The van der Waals surface area contributed by atoms with Gasteiger partial charge in [-0.2, -0.15) is 0 Å². The molecule has 0 amide bonds. The van der Waals surface area contributed by atoms with Crippen LogP contribution in [0.1, 0.15) is 64.5 Å². The molecule has 3 heterocycles. The SMILES string of the molecule is CCC(CC)C(=O)/C=C(\O)C(CC)CC.Cc1[c-]c(-c2nccc3c2sc2c(F)c(-c4cc5ccccc5o4)ccc23)cc(C)c1.[Ir]. The molecule has 6 rings (SSSR count). The van der Waals surface area contributed by atoms with Crippen molar-refractivity contribution >= 4 is 48.3 Å². The van der Waals surface area contributed by atoms with Crippen molar-refractivity contribution in [3.8, 4) is 22.6 Å². The number of carbonyl (C=O) groups excluding carboxylic acids is 1. The van der Waals surface area contributed by atoms with Crippen LogP contribution in [0, 0.1) is 37.6 Å². The Morgan fingerprint density at radius 1 is 0.936 bits per heavy atom. The number of allylic oxidation sites excluding steroid dienone is 2. The summed E-state index contributed by atoms with van der Waals surface area (Å²) in [4.78, 5) is 16.3. The van der Waals surface area contributed by atoms with Crippen molar-refractivity contribution in [2.24, 2.45) is 11.8 Å². The average molecular weight is 827 g/mol. The standard InChI is InChI=1S/C27H17FNOS.C13H24O2.Ir/c1-15-11-16(2)13-18(12-15)25-27-20(9-10-29-25)19-7-8-21(24(28)26(19)31-27)23-14-17-5-3-4-6-22(17)30-23;1-5-10(6-2)12(14)9-13(15)11(7-3)8-4;/h3-12,14H,1-2H3;9-11,14H,5-8H2,1-4H3;/q-1;;/b;12-9-;. The third kappa shape index (κ3) is 7.75. The number of hydrogen-bond donors (Lipinski definition) is 1. The molecule has 0 atom stereocenters. The van der Waals surface area contributed by atoms with Crippen LogP contribution in [0.3, 0.4) is 0 Å². The number of halogens is 1. The molecule has 0 unspecified atom stereocenters. The number of fused-ring (bicyclic) bond motifs is 4. The molecule has 4 nitrogen and oxygen atoms in total. The normalized spacial score (nSPS) is 11.7. The molecule has 7 heteroatoms. The zero-order chi connectivity index (χ0) is 33.0. The second kappa shape index (κ2) is 16.0. The van der Waals surface area contributed by atoms with Crippen LogP contribution >= 0.6 is 11.3 Å². The van der Waals surface area contributed by atoms with Crippen molar-refractivity contribution in [3.63, 3.8) is 0 Å². The Morgan fingerprint density at radius 3 is 2.28 bits per heavy atom. The van der Waals surface area contributed by atoms with Crippen LogP contribution in [0.2, 0.25) is 0 Å². The first kappa shape index (κ1) is 36.2. The summed E-state index contributed by atoms with van der Waals surface area (Å²) < 4.78 is 23.2. The number of ketones is 1. The first-order valence-electron chi connectivity index (χ1n) is 16.1. The van der Waals surface area contributed by atoms with Crippen molar-refractivity contribution in [2.75, 3.05) is 0 Å². The summed E-state index contributed by atoms with van der Waals surface area (Å²) in [5.74, 6) is 0.832. The van der Waals surface area contributed by atoms with Gasteiger partial charge in [-0.15, -0.1) is 46.2 Å². The van der Waals surface area contributed by atoms with Gasteiger partial charge in [-0.05, 0) is 55.3 Å². The Labute approximate surface area is 294 Å². The number of carbonyl (C=O) groups is 1. The number of aryl methyl sites for hydroxylation is 2. The van der Waals surface area contributed by atoms with Gasteiger partial charge >= 0.3 is 0 Å². The van der Waals surface area contributed by atoms with E-state index in [9.17, 15) is 9.90 Å². The van der Waals surface area contributed by atoms with Crippen molar-refractivity contribution in [2.45, 2.75) is 67.2 Å². The molecule has 6 aromatic rings. The van der Waals surface area contributed by atoms with Gasteiger partial charge in [0, 0.05) is 65.4 Å². The molecular formula is C40H41FIrNO3S-. The van der Waals surface area contributed by atoms with E-state index in [0.717, 1.165) is 74.5 Å². The predicted molar refractivity (Wildman–Crippen MR) is 190 cm³/mol. The van der Waals surface area contributed by atoms with Crippen LogP contribution in [0.4, 0.5) is 4.39 Å². The number of benzene rings is 3. The van der Waals surface area contributed by atoms with Gasteiger partial charge in [0.15, 0.2) is 11.6 Å². The van der Waals surface area contributed by atoms with Gasteiger partial charge in [0.1, 0.15) is 11.3 Å². The molecular weight excluding hydrogens is 786 g/mol. The third-order valence-corrected chi connectivity index (χ3v) is 9.89. The summed E-state index contributed by atoms with van der Waals surface area (Å²) in [6.07, 6.45) is 6.70. The number of thiophene rings is 1. The molecule has 3 aromatic carbocycles. The number of aromatic nitrogens is 1. The minimum absolute atomic E-state index is 0. The van der Waals surface area contributed by atoms with Gasteiger partial charge in [0.25, 0.3) is 0 Å². The van der Waals surface area contributed by atoms with Crippen molar-refractivity contribution < 1.29 is 38.8 Å². The van der Waals surface area contributed by atoms with Gasteiger partial charge in [-0.1, -0.05) is 65.8 Å². The van der Waals surface area contributed by atoms with Crippen molar-refractivity contribution in [1.82, 2.24) is 4.98 Å². The quantitative estimate of drug-likeness (QED) is 0.0896. The van der Waals surface area contributed by atoms with Crippen molar-refractivity contribution in [3.05, 3.63) is 102 Å². The smallest absolute Gasteiger partial charge is 0.162 e. The fraction of sp³-hybridized carbons (Fsp3) is 0.300. The van der Waals surface area contributed by atoms with E-state index in [1.807, 2.05) is 83.1 Å². The van der Waals surface area contributed by atoms with E-state index in [2.05, 4.69) is 30.1 Å². The van der Waals surface area contributed by atoms with E-state index >= 15 is 4.39 Å². The average Bonchev–Trinajstić information content (AvgIpc) is 3.64. The zero-order valence-electron chi connectivity index (χ0n) is 27.7. The number of pyridine rings is 1. The fourth-order valence-electron chi connectivity index (χ4n) is 6.03. The maximum atomic E-state index is 15.7. The van der Waals surface area contributed by atoms with E-state index in [1.54, 1.807) is 6.20 Å². The molecule has 0 saturated carbocycles. The predicted octanol–water partition coefficient (Wildman–Crippen LogP) is 12.0. The second-order valence-electron chi connectivity index (χ2n) is 11.8. The van der Waals surface area contributed by atoms with Crippen LogP contribution in [0.25, 0.3) is 53.7 Å². The van der Waals surface area contributed by atoms with E-state index in [1.165, 1.54) is 17.4 Å². The Balaban J connectivity index is 0.000000269. The molecule has 1 radical (unpaired) electrons. The molecule has 0 fully saturated rings. The summed E-state index contributed by atoms with van der Waals surface area (Å²) in [5, 5.41) is 12.6. The maximum absolute atomic E-state index is 15.7. The summed E-state index contributed by atoms with van der Waals surface area (Å²) in [5.41, 5.74) is 5.23. The molecule has 1 N–H and O–H groups in total. The molecule has 0 aliphatic heterocycles. The third-order valence-electron chi connectivity index (χ3n) is 8.67. The molecule has 0 aliphatic carbocycles. The first-order chi connectivity index (χ1) is 22.2. The van der Waals surface area contributed by atoms with Gasteiger partial charge in [0.2, 0.25) is 0 Å². The van der Waals surface area contributed by atoms with Crippen LogP contribution in [0.15, 0.2) is 83.1 Å². The Morgan fingerprint density at radius 2 is 1.62 bits per heavy atom. The monoisotopic (exact) mass is 827 g/mol. The van der Waals surface area contributed by atoms with Gasteiger partial charge in [-0.3, -0.25) is 4.79 Å². The van der Waals surface area contributed by atoms with Crippen LogP contribution in [-0.2, 0) is 24.9 Å². The topological polar surface area (TPSA) is 63.3 Å². The zero-order valence-corrected chi connectivity index (χ0v) is 31.0. The fourth-order valence-corrected chi connectivity index (χ4v) is 7.27. The molecule has 0 bridgehead atoms. The summed E-state index contributed by atoms with van der Waals surface area (Å²) in [6, 6.07) is 22.9. The van der Waals surface area contributed by atoms with Gasteiger partial charge in [0.05, 0.1) is 16.0 Å². The molecule has 3 aromatic heterocycles. The number of para-hydroxylation sites is 1. The van der Waals surface area contributed by atoms with E-state index < -0.39 is 0 Å². The number of nitrogens with zero attached hydrogens (tertiary/aromatic N) is 1. The van der Waals surface area contributed by atoms with Crippen LogP contribution < -0.4 is 0 Å². The van der Waals surface area contributed by atoms with Gasteiger partial charge < -0.3 is 14.5 Å². The Bertz CT molecular complexity index is 1980. The largest absolute Gasteiger partial charge is 0.512 e. The number of aliphatic hydroxyl groups excluding tert-OH is 1. The van der Waals surface area contributed by atoms with E-state index in [4.69, 9.17) is 4.42 Å². The second-order valence-corrected chi connectivity index (χ2v) is 12.9. The van der Waals surface area contributed by atoms with Crippen molar-refractivity contribution in [1.29, 1.82) is 0 Å². The Hall–Kier alpha value is -3.64. The molecule has 47 heavy (non-hydrogen) atoms. The van der Waals surface area contributed by atoms with Crippen LogP contribution in [-0.4, -0.2) is 15.9 Å². The minimum atomic E-state index is -0.256. The molecule has 247 valence electrons. The number of rotatable bonds is 9. The van der Waals surface area contributed by atoms with Crippen LogP contribution in [0.5, 0.6) is 0 Å². The maximum Gasteiger partial charge on any atom is 0.162 e. The first-order valence-corrected chi connectivity index (χ1v) is 16.9. The molecule has 0 aliphatic rings. The molecule has 0 spiro atoms. The molecule has 0 saturated heterocycles. The Kier molecular flexibility index (Phi) is 12.3. The van der Waals surface area contributed by atoms with Gasteiger partial charge in [-0.25, -0.2) is 4.39 Å². The summed E-state index contributed by atoms with van der Waals surface area (Å²) in [7, 11) is 0. The summed E-state index contributed by atoms with van der Waals surface area (Å²) in [6.45, 7) is 12.2. The van der Waals surface area contributed by atoms with E-state index in [0.29, 0.717) is 16.0 Å². The number of hydrogen-bond acceptors (Lipinski definition) is 5. The van der Waals surface area contributed by atoms with E-state index in [-0.39, 0.29) is 49.3 Å². The summed E-state index contributed by atoms with van der Waals surface area (Å²) >= 11 is 1.44. The minimum Gasteiger partial charge on any atom is -0.512 e.